The van der Waals surface area contributed by atoms with Gasteiger partial charge in [0.2, 0.25) is 0 Å². The molecule has 0 saturated carbocycles. The zero-order valence-corrected chi connectivity index (χ0v) is 29.4. The highest BCUT2D eigenvalue weighted by Crippen LogP contribution is 2.45. The first-order chi connectivity index (χ1) is 24.8. The number of nitrogens with one attached hydrogen (secondary N) is 2. The maximum absolute atomic E-state index is 12.3. The van der Waals surface area contributed by atoms with Crippen molar-refractivity contribution in [2.75, 3.05) is 13.2 Å². The Morgan fingerprint density at radius 2 is 1.92 bits per heavy atom. The van der Waals surface area contributed by atoms with Crippen LogP contribution >= 0.6 is 0 Å². The van der Waals surface area contributed by atoms with Crippen molar-refractivity contribution in [2.45, 2.75) is 101 Å². The number of rotatable bonds is 20. The quantitative estimate of drug-likeness (QED) is 0.0650. The lowest BCUT2D eigenvalue weighted by Crippen LogP contribution is -2.47. The Labute approximate surface area is 300 Å². The summed E-state index contributed by atoms with van der Waals surface area (Å²) in [6.07, 6.45) is 13.9. The van der Waals surface area contributed by atoms with Crippen molar-refractivity contribution in [2.24, 2.45) is 28.3 Å². The second kappa shape index (κ2) is 18.7. The van der Waals surface area contributed by atoms with Gasteiger partial charge in [-0.15, -0.1) is 0 Å². The van der Waals surface area contributed by atoms with Gasteiger partial charge in [-0.25, -0.2) is 4.79 Å². The number of fused-ring (bicyclic) bond motifs is 2. The van der Waals surface area contributed by atoms with E-state index < -0.39 is 12.0 Å². The lowest BCUT2D eigenvalue weighted by atomic mass is 9.69. The first-order valence-electron chi connectivity index (χ1n) is 18.4. The van der Waals surface area contributed by atoms with E-state index in [1.165, 1.54) is 17.2 Å². The van der Waals surface area contributed by atoms with Crippen LogP contribution in [0.2, 0.25) is 0 Å². The number of nitrogens with zero attached hydrogens (tertiary/aromatic N) is 2. The Bertz CT molecular complexity index is 1670. The number of carboxylic acids is 1. The first-order valence-corrected chi connectivity index (χ1v) is 18.4. The third-order valence-electron chi connectivity index (χ3n) is 10.7. The van der Waals surface area contributed by atoms with Crippen LogP contribution in [0.1, 0.15) is 86.8 Å². The summed E-state index contributed by atoms with van der Waals surface area (Å²) >= 11 is 0. The van der Waals surface area contributed by atoms with Crippen LogP contribution in [0.15, 0.2) is 65.3 Å². The number of aliphatic hydroxyl groups excluding tert-OH is 1. The van der Waals surface area contributed by atoms with Gasteiger partial charge in [-0.1, -0.05) is 60.9 Å². The van der Waals surface area contributed by atoms with E-state index in [0.717, 1.165) is 73.9 Å². The average Bonchev–Trinajstić information content (AvgIpc) is 3.63. The lowest BCUT2D eigenvalue weighted by molar-refractivity contribution is -0.131. The number of nitrogens with two attached hydrogens (primary N) is 2. The number of H-pyrrole nitrogens is 1. The van der Waals surface area contributed by atoms with E-state index in [2.05, 4.69) is 39.6 Å². The van der Waals surface area contributed by atoms with E-state index in [9.17, 15) is 24.6 Å². The first kappa shape index (κ1) is 37.8. The fourth-order valence-corrected chi connectivity index (χ4v) is 8.02. The third-order valence-corrected chi connectivity index (χ3v) is 10.7. The molecule has 274 valence electrons. The number of carbonyl (C=O) groups is 3. The summed E-state index contributed by atoms with van der Waals surface area (Å²) in [5.74, 6) is 0.279. The maximum Gasteiger partial charge on any atom is 0.328 e. The maximum atomic E-state index is 12.3. The molecule has 1 aliphatic carbocycles. The van der Waals surface area contributed by atoms with E-state index in [1.54, 1.807) is 0 Å². The second-order valence-corrected chi connectivity index (χ2v) is 14.2. The topological polar surface area (TPSA) is 198 Å². The van der Waals surface area contributed by atoms with Crippen molar-refractivity contribution in [3.05, 3.63) is 82.3 Å². The van der Waals surface area contributed by atoms with Crippen molar-refractivity contribution in [1.29, 1.82) is 0 Å². The highest BCUT2D eigenvalue weighted by molar-refractivity contribution is 5.86. The number of hydrogen-bond donors (Lipinski definition) is 6. The molecule has 0 saturated heterocycles. The number of aliphatic carboxylic acids is 1. The predicted molar refractivity (Wildman–Crippen MR) is 201 cm³/mol. The van der Waals surface area contributed by atoms with Gasteiger partial charge in [-0.3, -0.25) is 4.99 Å². The summed E-state index contributed by atoms with van der Waals surface area (Å²) in [6.45, 7) is 0.587. The Morgan fingerprint density at radius 3 is 2.65 bits per heavy atom. The van der Waals surface area contributed by atoms with Gasteiger partial charge in [0.15, 0.2) is 5.96 Å². The minimum absolute atomic E-state index is 0.0316. The average molecular weight is 698 g/mol. The Kier molecular flexibility index (Phi) is 13.8. The molecule has 11 heteroatoms. The zero-order chi connectivity index (χ0) is 36.2. The number of hydrogen-bond acceptors (Lipinski definition) is 8. The van der Waals surface area contributed by atoms with E-state index in [0.29, 0.717) is 56.0 Å². The summed E-state index contributed by atoms with van der Waals surface area (Å²) < 4.78 is 0. The van der Waals surface area contributed by atoms with Gasteiger partial charge >= 0.3 is 5.97 Å². The molecule has 0 spiro atoms. The largest absolute Gasteiger partial charge is 0.478 e. The molecule has 51 heavy (non-hydrogen) atoms. The molecule has 0 unspecified atom stereocenters. The van der Waals surface area contributed by atoms with Crippen LogP contribution in [-0.2, 0) is 27.2 Å². The van der Waals surface area contributed by atoms with Crippen LogP contribution in [0.5, 0.6) is 0 Å². The Hall–Kier alpha value is -4.48. The Morgan fingerprint density at radius 1 is 1.06 bits per heavy atom. The zero-order valence-electron chi connectivity index (χ0n) is 29.4. The SMILES string of the molecule is NC1=NCC[C@H](/C(=C\C(=O)O)[C@@H](C[C@H]2CCc3cc4ccc(CC=O)cc4cc3[C@@H]2CCC[C@@H](N)CC[C@H](C=O)CCCO)[N-]c2ccc[nH]2)N1. The summed E-state index contributed by atoms with van der Waals surface area (Å²) in [5, 5.41) is 29.8. The van der Waals surface area contributed by atoms with Crippen molar-refractivity contribution in [3.63, 3.8) is 0 Å². The number of carboxylic acid groups (broad SMARTS) is 1. The van der Waals surface area contributed by atoms with Gasteiger partial charge in [0, 0.05) is 37.6 Å². The van der Waals surface area contributed by atoms with Gasteiger partial charge in [0.1, 0.15) is 12.6 Å². The molecular formula is C40H53N6O5-. The van der Waals surface area contributed by atoms with Crippen LogP contribution < -0.4 is 16.8 Å². The van der Waals surface area contributed by atoms with Crippen molar-refractivity contribution >= 4 is 41.1 Å². The number of aromatic amines is 1. The minimum atomic E-state index is -1.02. The molecule has 0 fully saturated rings. The Balaban J connectivity index is 1.43. The van der Waals surface area contributed by atoms with Crippen molar-refractivity contribution < 1.29 is 24.6 Å². The molecule has 6 atom stereocenters. The lowest BCUT2D eigenvalue weighted by Gasteiger charge is -2.40. The molecule has 0 radical (unpaired) electrons. The normalized spacial score (nSPS) is 20.8. The van der Waals surface area contributed by atoms with Crippen LogP contribution in [0.25, 0.3) is 16.1 Å². The predicted octanol–water partition coefficient (Wildman–Crippen LogP) is 5.57. The number of benzene rings is 2. The van der Waals surface area contributed by atoms with Crippen LogP contribution in [0, 0.1) is 11.8 Å². The number of aromatic nitrogens is 1. The second-order valence-electron chi connectivity index (χ2n) is 14.2. The van der Waals surface area contributed by atoms with Gasteiger partial charge in [-0.2, -0.15) is 0 Å². The van der Waals surface area contributed by atoms with Gasteiger partial charge in [0.25, 0.3) is 0 Å². The highest BCUT2D eigenvalue weighted by Gasteiger charge is 2.33. The van der Waals surface area contributed by atoms with Crippen LogP contribution in [0.4, 0.5) is 5.82 Å². The summed E-state index contributed by atoms with van der Waals surface area (Å²) in [4.78, 5) is 42.6. The molecular weight excluding hydrogens is 644 g/mol. The summed E-state index contributed by atoms with van der Waals surface area (Å²) in [7, 11) is 0. The summed E-state index contributed by atoms with van der Waals surface area (Å²) in [6, 6.07) is 13.9. The smallest absolute Gasteiger partial charge is 0.328 e. The molecule has 3 aromatic rings. The molecule has 2 aromatic carbocycles. The monoisotopic (exact) mass is 697 g/mol. The van der Waals surface area contributed by atoms with E-state index in [4.69, 9.17) is 16.8 Å². The molecule has 0 bridgehead atoms. The van der Waals surface area contributed by atoms with Gasteiger partial charge < -0.3 is 46.9 Å². The molecule has 2 aliphatic rings. The van der Waals surface area contributed by atoms with E-state index in [-0.39, 0.29) is 36.4 Å². The molecule has 2 heterocycles. The van der Waals surface area contributed by atoms with Crippen LogP contribution in [-0.4, -0.2) is 71.0 Å². The van der Waals surface area contributed by atoms with Crippen molar-refractivity contribution in [3.8, 4) is 0 Å². The van der Waals surface area contributed by atoms with Crippen LogP contribution in [0.3, 0.4) is 0 Å². The molecule has 1 aromatic heterocycles. The fourth-order valence-electron chi connectivity index (χ4n) is 8.02. The number of guanidine groups is 1. The molecule has 1 aliphatic heterocycles. The van der Waals surface area contributed by atoms with Crippen molar-refractivity contribution in [1.82, 2.24) is 10.3 Å². The molecule has 5 rings (SSSR count). The minimum Gasteiger partial charge on any atom is -0.478 e. The third kappa shape index (κ3) is 10.5. The highest BCUT2D eigenvalue weighted by atomic mass is 16.4. The van der Waals surface area contributed by atoms with Gasteiger partial charge in [0.05, 0.1) is 6.04 Å². The molecule has 11 nitrogen and oxygen atoms in total. The fraction of sp³-hybridized carbons (Fsp3) is 0.500. The number of aryl methyl sites for hydroxylation is 1. The molecule has 8 N–H and O–H groups in total. The number of aliphatic hydroxyl groups is 1. The van der Waals surface area contributed by atoms with E-state index in [1.807, 2.05) is 24.4 Å². The van der Waals surface area contributed by atoms with Gasteiger partial charge in [-0.05, 0) is 115 Å². The number of aldehydes is 2. The number of aliphatic imine (C=N–C) groups is 1. The van der Waals surface area contributed by atoms with E-state index >= 15 is 0 Å². The standard InChI is InChI=1S/C40H53N6O5/c41-32(13-9-27(25-49)4-3-18-47)5-1-6-33-30(12-11-29-21-28-10-8-26(15-19-48)20-31(28)22-34(29)33)23-37(45-38-7-2-16-43-38)35(24-39(50)51)36-14-17-44-40(42)46-36/h2,7-8,10,16,19-22,24-25,27,30,32-33,36-37,43,47H,1,3-6,9,11-15,17-18,23,41H2,(H,50,51)(H3,42,44,46)/q-1/b35-24+/t27-,30-,32-,33-,36-,37-/m1/s1. The molecule has 0 amide bonds. The summed E-state index contributed by atoms with van der Waals surface area (Å²) in [5.41, 5.74) is 17.0. The number of carbonyl (C=O) groups excluding carboxylic acids is 2.